The smallest absolute Gasteiger partial charge is 0.410 e. The van der Waals surface area contributed by atoms with Crippen molar-refractivity contribution in [2.24, 2.45) is 5.73 Å². The summed E-state index contributed by atoms with van der Waals surface area (Å²) in [6, 6.07) is 5.38. The van der Waals surface area contributed by atoms with Crippen LogP contribution in [-0.2, 0) is 11.3 Å². The predicted molar refractivity (Wildman–Crippen MR) is 71.9 cm³/mol. The molecule has 104 valence electrons. The third-order valence-corrected chi connectivity index (χ3v) is 3.47. The SMILES string of the molecule is CCN(C)C(=O)Oc1ccc2c(c1)CO[C@@H](C)[C@H]2N. The molecule has 0 spiro atoms. The lowest BCUT2D eigenvalue weighted by Crippen LogP contribution is -2.32. The summed E-state index contributed by atoms with van der Waals surface area (Å²) in [6.45, 7) is 4.95. The van der Waals surface area contributed by atoms with E-state index in [2.05, 4.69) is 0 Å². The lowest BCUT2D eigenvalue weighted by Gasteiger charge is -2.29. The maximum absolute atomic E-state index is 11.7. The molecule has 0 radical (unpaired) electrons. The van der Waals surface area contributed by atoms with E-state index >= 15 is 0 Å². The molecule has 0 unspecified atom stereocenters. The molecule has 1 heterocycles. The van der Waals surface area contributed by atoms with Crippen molar-refractivity contribution in [3.8, 4) is 5.75 Å². The number of fused-ring (bicyclic) bond motifs is 1. The van der Waals surface area contributed by atoms with Gasteiger partial charge in [0.25, 0.3) is 0 Å². The van der Waals surface area contributed by atoms with Crippen LogP contribution in [0.15, 0.2) is 18.2 Å². The Morgan fingerprint density at radius 2 is 2.32 bits per heavy atom. The Labute approximate surface area is 113 Å². The van der Waals surface area contributed by atoms with Crippen LogP contribution < -0.4 is 10.5 Å². The Balaban J connectivity index is 2.16. The molecule has 2 atom stereocenters. The third kappa shape index (κ3) is 2.88. The summed E-state index contributed by atoms with van der Waals surface area (Å²) in [4.78, 5) is 13.2. The average molecular weight is 264 g/mol. The highest BCUT2D eigenvalue weighted by Crippen LogP contribution is 2.30. The highest BCUT2D eigenvalue weighted by Gasteiger charge is 2.24. The van der Waals surface area contributed by atoms with Gasteiger partial charge in [0, 0.05) is 13.6 Å². The quantitative estimate of drug-likeness (QED) is 0.888. The molecule has 0 bridgehead atoms. The highest BCUT2D eigenvalue weighted by molar-refractivity contribution is 5.70. The Morgan fingerprint density at radius 3 is 3.00 bits per heavy atom. The van der Waals surface area contributed by atoms with Gasteiger partial charge in [-0.25, -0.2) is 4.79 Å². The number of amides is 1. The lowest BCUT2D eigenvalue weighted by atomic mass is 9.95. The average Bonchev–Trinajstić information content (AvgIpc) is 2.42. The largest absolute Gasteiger partial charge is 0.414 e. The Kier molecular flexibility index (Phi) is 4.07. The van der Waals surface area contributed by atoms with Gasteiger partial charge >= 0.3 is 6.09 Å². The zero-order valence-corrected chi connectivity index (χ0v) is 11.6. The second kappa shape index (κ2) is 5.59. The monoisotopic (exact) mass is 264 g/mol. The molecule has 1 aliphatic rings. The van der Waals surface area contributed by atoms with E-state index in [0.717, 1.165) is 11.1 Å². The van der Waals surface area contributed by atoms with Crippen molar-refractivity contribution >= 4 is 6.09 Å². The van der Waals surface area contributed by atoms with Crippen LogP contribution in [0, 0.1) is 0 Å². The fourth-order valence-corrected chi connectivity index (χ4v) is 1.98. The normalized spacial score (nSPS) is 21.7. The minimum Gasteiger partial charge on any atom is -0.410 e. The summed E-state index contributed by atoms with van der Waals surface area (Å²) in [6.07, 6.45) is -0.357. The molecule has 5 heteroatoms. The number of carbonyl (C=O) groups excluding carboxylic acids is 1. The van der Waals surface area contributed by atoms with E-state index in [-0.39, 0.29) is 18.2 Å². The molecule has 0 saturated carbocycles. The lowest BCUT2D eigenvalue weighted by molar-refractivity contribution is 0.0212. The summed E-state index contributed by atoms with van der Waals surface area (Å²) >= 11 is 0. The van der Waals surface area contributed by atoms with Crippen LogP contribution in [0.1, 0.15) is 31.0 Å². The second-order valence-corrected chi connectivity index (χ2v) is 4.78. The third-order valence-electron chi connectivity index (χ3n) is 3.47. The first-order valence-electron chi connectivity index (χ1n) is 6.46. The molecule has 0 saturated heterocycles. The zero-order chi connectivity index (χ0) is 14.0. The van der Waals surface area contributed by atoms with Gasteiger partial charge in [0.15, 0.2) is 0 Å². The molecular formula is C14H20N2O3. The molecule has 0 aliphatic carbocycles. The molecule has 5 nitrogen and oxygen atoms in total. The highest BCUT2D eigenvalue weighted by atomic mass is 16.6. The molecular weight excluding hydrogens is 244 g/mol. The second-order valence-electron chi connectivity index (χ2n) is 4.78. The number of nitrogens with two attached hydrogens (primary N) is 1. The molecule has 0 fully saturated rings. The van der Waals surface area contributed by atoms with E-state index in [9.17, 15) is 4.79 Å². The van der Waals surface area contributed by atoms with Crippen LogP contribution in [0.3, 0.4) is 0 Å². The van der Waals surface area contributed by atoms with Gasteiger partial charge < -0.3 is 20.1 Å². The van der Waals surface area contributed by atoms with Crippen molar-refractivity contribution in [2.75, 3.05) is 13.6 Å². The van der Waals surface area contributed by atoms with Gasteiger partial charge in [-0.15, -0.1) is 0 Å². The molecule has 2 N–H and O–H groups in total. The standard InChI is InChI=1S/C14H20N2O3/c1-4-16(3)14(17)19-11-5-6-12-10(7-11)8-18-9(2)13(12)15/h5-7,9,13H,4,8,15H2,1-3H3/t9-,13+/m0/s1. The van der Waals surface area contributed by atoms with Gasteiger partial charge in [0.05, 0.1) is 18.8 Å². The summed E-state index contributed by atoms with van der Waals surface area (Å²) in [5.41, 5.74) is 8.11. The summed E-state index contributed by atoms with van der Waals surface area (Å²) in [5, 5.41) is 0. The molecule has 1 aliphatic heterocycles. The zero-order valence-electron chi connectivity index (χ0n) is 11.6. The molecule has 1 aromatic rings. The van der Waals surface area contributed by atoms with E-state index < -0.39 is 0 Å². The molecule has 0 aromatic heterocycles. The first-order valence-corrected chi connectivity index (χ1v) is 6.46. The summed E-state index contributed by atoms with van der Waals surface area (Å²) in [5.74, 6) is 0.523. The first kappa shape index (κ1) is 13.8. The Morgan fingerprint density at radius 1 is 1.58 bits per heavy atom. The van der Waals surface area contributed by atoms with E-state index in [1.165, 1.54) is 4.90 Å². The van der Waals surface area contributed by atoms with E-state index in [4.69, 9.17) is 15.2 Å². The molecule has 1 amide bonds. The van der Waals surface area contributed by atoms with Gasteiger partial charge in [-0.3, -0.25) is 0 Å². The van der Waals surface area contributed by atoms with Crippen LogP contribution in [0.4, 0.5) is 4.79 Å². The van der Waals surface area contributed by atoms with E-state index in [1.54, 1.807) is 13.1 Å². The van der Waals surface area contributed by atoms with Crippen molar-refractivity contribution in [2.45, 2.75) is 32.6 Å². The Hall–Kier alpha value is -1.59. The van der Waals surface area contributed by atoms with Gasteiger partial charge in [-0.2, -0.15) is 0 Å². The number of hydrogen-bond acceptors (Lipinski definition) is 4. The Bertz CT molecular complexity index is 476. The number of nitrogens with zero attached hydrogens (tertiary/aromatic N) is 1. The fraction of sp³-hybridized carbons (Fsp3) is 0.500. The van der Waals surface area contributed by atoms with Crippen molar-refractivity contribution in [3.05, 3.63) is 29.3 Å². The maximum atomic E-state index is 11.7. The predicted octanol–water partition coefficient (Wildman–Crippen LogP) is 2.06. The number of benzene rings is 1. The van der Waals surface area contributed by atoms with Crippen LogP contribution in [0.2, 0.25) is 0 Å². The number of ether oxygens (including phenoxy) is 2. The topological polar surface area (TPSA) is 64.8 Å². The van der Waals surface area contributed by atoms with Crippen LogP contribution >= 0.6 is 0 Å². The molecule has 2 rings (SSSR count). The fourth-order valence-electron chi connectivity index (χ4n) is 1.98. The number of hydrogen-bond donors (Lipinski definition) is 1. The van der Waals surface area contributed by atoms with Gasteiger partial charge in [0.1, 0.15) is 5.75 Å². The van der Waals surface area contributed by atoms with Crippen LogP contribution in [0.25, 0.3) is 0 Å². The molecule has 1 aromatic carbocycles. The number of carbonyl (C=O) groups is 1. The van der Waals surface area contributed by atoms with Crippen molar-refractivity contribution < 1.29 is 14.3 Å². The van der Waals surface area contributed by atoms with Crippen molar-refractivity contribution in [1.29, 1.82) is 0 Å². The van der Waals surface area contributed by atoms with Crippen LogP contribution in [-0.4, -0.2) is 30.7 Å². The van der Waals surface area contributed by atoms with E-state index in [0.29, 0.717) is 18.9 Å². The first-order chi connectivity index (χ1) is 9.02. The maximum Gasteiger partial charge on any atom is 0.414 e. The van der Waals surface area contributed by atoms with Crippen molar-refractivity contribution in [3.63, 3.8) is 0 Å². The van der Waals surface area contributed by atoms with Gasteiger partial charge in [-0.1, -0.05) is 6.07 Å². The number of rotatable bonds is 2. The summed E-state index contributed by atoms with van der Waals surface area (Å²) < 4.78 is 10.9. The van der Waals surface area contributed by atoms with Gasteiger partial charge in [0.2, 0.25) is 0 Å². The van der Waals surface area contributed by atoms with Gasteiger partial charge in [-0.05, 0) is 37.1 Å². The summed E-state index contributed by atoms with van der Waals surface area (Å²) in [7, 11) is 1.70. The minimum absolute atomic E-state index is 0.00660. The molecule has 19 heavy (non-hydrogen) atoms. The minimum atomic E-state index is -0.364. The van der Waals surface area contributed by atoms with Crippen LogP contribution in [0.5, 0.6) is 5.75 Å². The van der Waals surface area contributed by atoms with E-state index in [1.807, 2.05) is 26.0 Å². The van der Waals surface area contributed by atoms with Crippen molar-refractivity contribution in [1.82, 2.24) is 4.90 Å².